The molecule has 2 N–H and O–H groups in total. The van der Waals surface area contributed by atoms with Crippen molar-refractivity contribution in [3.63, 3.8) is 0 Å². The van der Waals surface area contributed by atoms with Crippen LogP contribution in [-0.2, 0) is 10.5 Å². The van der Waals surface area contributed by atoms with Gasteiger partial charge in [-0.05, 0) is 23.6 Å². The van der Waals surface area contributed by atoms with Crippen molar-refractivity contribution in [2.45, 2.75) is 5.75 Å². The molecule has 0 saturated heterocycles. The average Bonchev–Trinajstić information content (AvgIpc) is 2.92. The summed E-state index contributed by atoms with van der Waals surface area (Å²) in [6.45, 7) is 0. The van der Waals surface area contributed by atoms with E-state index in [4.69, 9.17) is 5.11 Å². The number of aromatic carboxylic acids is 1. The summed E-state index contributed by atoms with van der Waals surface area (Å²) in [5.74, 6) is 0.105. The monoisotopic (exact) mass is 308 g/mol. The Morgan fingerprint density at radius 3 is 2.95 bits per heavy atom. The molecule has 0 aliphatic heterocycles. The molecule has 0 saturated carbocycles. The summed E-state index contributed by atoms with van der Waals surface area (Å²) in [5.41, 5.74) is 0.0986. The molecule has 2 rings (SSSR count). The van der Waals surface area contributed by atoms with E-state index in [0.717, 1.165) is 5.75 Å². The summed E-state index contributed by atoms with van der Waals surface area (Å²) in [6, 6.07) is 6.71. The first-order valence-corrected chi connectivity index (χ1v) is 7.78. The minimum atomic E-state index is -1.05. The lowest BCUT2D eigenvalue weighted by molar-refractivity contribution is -0.113. The molecular formula is C13H12N2O3S2. The molecule has 0 fully saturated rings. The second-order valence-electron chi connectivity index (χ2n) is 3.86. The van der Waals surface area contributed by atoms with Crippen LogP contribution in [0.5, 0.6) is 0 Å². The number of thiophene rings is 1. The summed E-state index contributed by atoms with van der Waals surface area (Å²) in [7, 11) is 0. The maximum absolute atomic E-state index is 11.7. The average molecular weight is 308 g/mol. The predicted octanol–water partition coefficient (Wildman–Crippen LogP) is 2.71. The third-order valence-electron chi connectivity index (χ3n) is 2.33. The van der Waals surface area contributed by atoms with E-state index in [2.05, 4.69) is 10.3 Å². The quantitative estimate of drug-likeness (QED) is 0.857. The third-order valence-corrected chi connectivity index (χ3v) is 4.37. The van der Waals surface area contributed by atoms with Gasteiger partial charge in [0, 0.05) is 16.8 Å². The van der Waals surface area contributed by atoms with E-state index in [-0.39, 0.29) is 17.3 Å². The summed E-state index contributed by atoms with van der Waals surface area (Å²) in [4.78, 5) is 27.6. The first-order chi connectivity index (χ1) is 9.65. The highest BCUT2D eigenvalue weighted by molar-refractivity contribution is 7.99. The first kappa shape index (κ1) is 14.5. The molecule has 0 bridgehead atoms. The third kappa shape index (κ3) is 4.36. The summed E-state index contributed by atoms with van der Waals surface area (Å²) >= 11 is 3.16. The molecule has 5 nitrogen and oxygen atoms in total. The topological polar surface area (TPSA) is 79.3 Å². The van der Waals surface area contributed by atoms with Crippen LogP contribution in [0.4, 0.5) is 5.82 Å². The highest BCUT2D eigenvalue weighted by Crippen LogP contribution is 2.17. The van der Waals surface area contributed by atoms with Crippen LogP contribution in [0.1, 0.15) is 15.2 Å². The number of thioether (sulfide) groups is 1. The number of carbonyl (C=O) groups is 2. The fourth-order valence-electron chi connectivity index (χ4n) is 1.45. The number of hydrogen-bond acceptors (Lipinski definition) is 5. The Labute approximate surface area is 124 Å². The van der Waals surface area contributed by atoms with Crippen molar-refractivity contribution in [3.05, 3.63) is 46.3 Å². The van der Waals surface area contributed by atoms with E-state index in [9.17, 15) is 9.59 Å². The second kappa shape index (κ2) is 7.06. The van der Waals surface area contributed by atoms with Crippen LogP contribution in [0.2, 0.25) is 0 Å². The number of hydrogen-bond donors (Lipinski definition) is 2. The standard InChI is InChI=1S/C13H12N2O3S2/c16-12(8-19-7-10-2-1-5-20-10)15-11-6-9(13(17)18)3-4-14-11/h1-6H,7-8H2,(H,17,18)(H,14,15,16). The Hall–Kier alpha value is -1.86. The highest BCUT2D eigenvalue weighted by Gasteiger charge is 2.07. The maximum Gasteiger partial charge on any atom is 0.335 e. The Morgan fingerprint density at radius 2 is 2.25 bits per heavy atom. The van der Waals surface area contributed by atoms with Gasteiger partial charge in [0.15, 0.2) is 0 Å². The van der Waals surface area contributed by atoms with Gasteiger partial charge in [-0.3, -0.25) is 4.79 Å². The van der Waals surface area contributed by atoms with Crippen LogP contribution in [0.15, 0.2) is 35.8 Å². The largest absolute Gasteiger partial charge is 0.478 e. The van der Waals surface area contributed by atoms with Crippen molar-refractivity contribution < 1.29 is 14.7 Å². The van der Waals surface area contributed by atoms with Gasteiger partial charge < -0.3 is 10.4 Å². The van der Waals surface area contributed by atoms with Crippen LogP contribution >= 0.6 is 23.1 Å². The SMILES string of the molecule is O=C(CSCc1cccs1)Nc1cc(C(=O)O)ccn1. The van der Waals surface area contributed by atoms with Crippen LogP contribution in [0, 0.1) is 0 Å². The van der Waals surface area contributed by atoms with Crippen molar-refractivity contribution in [2.24, 2.45) is 0 Å². The molecule has 0 spiro atoms. The molecule has 0 unspecified atom stereocenters. The lowest BCUT2D eigenvalue weighted by Crippen LogP contribution is -2.15. The molecule has 104 valence electrons. The predicted molar refractivity (Wildman–Crippen MR) is 80.3 cm³/mol. The summed E-state index contributed by atoms with van der Waals surface area (Å²) in [6.07, 6.45) is 1.36. The van der Waals surface area contributed by atoms with Gasteiger partial charge in [-0.15, -0.1) is 23.1 Å². The van der Waals surface area contributed by atoms with Crippen molar-refractivity contribution in [2.75, 3.05) is 11.1 Å². The molecule has 7 heteroatoms. The summed E-state index contributed by atoms with van der Waals surface area (Å²) in [5, 5.41) is 13.4. The Balaban J connectivity index is 1.82. The zero-order chi connectivity index (χ0) is 14.4. The van der Waals surface area contributed by atoms with Gasteiger partial charge in [-0.1, -0.05) is 6.07 Å². The van der Waals surface area contributed by atoms with Crippen molar-refractivity contribution in [1.82, 2.24) is 4.98 Å². The minimum absolute atomic E-state index is 0.0986. The summed E-state index contributed by atoms with van der Waals surface area (Å²) < 4.78 is 0. The number of aromatic nitrogens is 1. The van der Waals surface area contributed by atoms with Crippen molar-refractivity contribution in [3.8, 4) is 0 Å². The van der Waals surface area contributed by atoms with E-state index >= 15 is 0 Å². The highest BCUT2D eigenvalue weighted by atomic mass is 32.2. The van der Waals surface area contributed by atoms with Crippen LogP contribution in [-0.4, -0.2) is 27.7 Å². The number of amides is 1. The number of nitrogens with zero attached hydrogens (tertiary/aromatic N) is 1. The maximum atomic E-state index is 11.7. The zero-order valence-electron chi connectivity index (χ0n) is 10.4. The van der Waals surface area contributed by atoms with Gasteiger partial charge >= 0.3 is 5.97 Å². The smallest absolute Gasteiger partial charge is 0.335 e. The number of carboxylic acids is 1. The van der Waals surface area contributed by atoms with E-state index in [1.165, 1.54) is 35.0 Å². The fourth-order valence-corrected chi connectivity index (χ4v) is 3.12. The molecule has 0 aliphatic rings. The Kier molecular flexibility index (Phi) is 5.14. The van der Waals surface area contributed by atoms with Gasteiger partial charge in [0.2, 0.25) is 5.91 Å². The molecule has 0 aromatic carbocycles. The fraction of sp³-hybridized carbons (Fsp3) is 0.154. The normalized spacial score (nSPS) is 10.2. The number of anilines is 1. The molecule has 20 heavy (non-hydrogen) atoms. The molecular weight excluding hydrogens is 296 g/mol. The van der Waals surface area contributed by atoms with Gasteiger partial charge in [-0.2, -0.15) is 0 Å². The minimum Gasteiger partial charge on any atom is -0.478 e. The van der Waals surface area contributed by atoms with E-state index in [0.29, 0.717) is 5.75 Å². The van der Waals surface area contributed by atoms with E-state index in [1.54, 1.807) is 11.3 Å². The number of carboxylic acid groups (broad SMARTS) is 1. The molecule has 0 aliphatic carbocycles. The molecule has 2 aromatic rings. The molecule has 0 atom stereocenters. The second-order valence-corrected chi connectivity index (χ2v) is 5.87. The van der Waals surface area contributed by atoms with Crippen LogP contribution < -0.4 is 5.32 Å². The van der Waals surface area contributed by atoms with E-state index < -0.39 is 5.97 Å². The lowest BCUT2D eigenvalue weighted by Gasteiger charge is -2.04. The number of rotatable bonds is 6. The van der Waals surface area contributed by atoms with Gasteiger partial charge in [-0.25, -0.2) is 9.78 Å². The Bertz CT molecular complexity index is 599. The van der Waals surface area contributed by atoms with Crippen LogP contribution in [0.3, 0.4) is 0 Å². The molecule has 2 aromatic heterocycles. The lowest BCUT2D eigenvalue weighted by atomic mass is 10.2. The van der Waals surface area contributed by atoms with Gasteiger partial charge in [0.1, 0.15) is 5.82 Å². The van der Waals surface area contributed by atoms with Crippen LogP contribution in [0.25, 0.3) is 0 Å². The number of carbonyl (C=O) groups excluding carboxylic acids is 1. The van der Waals surface area contributed by atoms with Crippen molar-refractivity contribution in [1.29, 1.82) is 0 Å². The van der Waals surface area contributed by atoms with Gasteiger partial charge in [0.05, 0.1) is 11.3 Å². The van der Waals surface area contributed by atoms with E-state index in [1.807, 2.05) is 17.5 Å². The first-order valence-electron chi connectivity index (χ1n) is 5.74. The van der Waals surface area contributed by atoms with Gasteiger partial charge in [0.25, 0.3) is 0 Å². The number of pyridine rings is 1. The molecule has 1 amide bonds. The zero-order valence-corrected chi connectivity index (χ0v) is 12.0. The Morgan fingerprint density at radius 1 is 1.40 bits per heavy atom. The van der Waals surface area contributed by atoms with Crippen molar-refractivity contribution >= 4 is 40.8 Å². The molecule has 2 heterocycles. The molecule has 0 radical (unpaired) electrons. The number of nitrogens with one attached hydrogen (secondary N) is 1.